The van der Waals surface area contributed by atoms with Gasteiger partial charge in [-0.2, -0.15) is 0 Å². The summed E-state index contributed by atoms with van der Waals surface area (Å²) in [7, 11) is 0. The van der Waals surface area contributed by atoms with E-state index in [0.29, 0.717) is 11.3 Å². The molecule has 0 bridgehead atoms. The quantitative estimate of drug-likeness (QED) is 0.288. The summed E-state index contributed by atoms with van der Waals surface area (Å²) in [5.41, 5.74) is 5.11. The lowest BCUT2D eigenvalue weighted by atomic mass is 10.00. The van der Waals surface area contributed by atoms with E-state index in [9.17, 15) is 4.79 Å². The van der Waals surface area contributed by atoms with Crippen molar-refractivity contribution in [3.8, 4) is 16.9 Å². The third-order valence-corrected chi connectivity index (χ3v) is 4.94. The minimum absolute atomic E-state index is 0.318. The summed E-state index contributed by atoms with van der Waals surface area (Å²) >= 11 is 0. The van der Waals surface area contributed by atoms with Crippen molar-refractivity contribution in [1.82, 2.24) is 0 Å². The van der Waals surface area contributed by atoms with Gasteiger partial charge in [-0.25, -0.2) is 4.79 Å². The molecule has 0 aliphatic rings. The summed E-state index contributed by atoms with van der Waals surface area (Å²) in [5.74, 6) is 0.230. The molecule has 4 aromatic carbocycles. The van der Waals surface area contributed by atoms with Gasteiger partial charge >= 0.3 is 5.97 Å². The predicted octanol–water partition coefficient (Wildman–Crippen LogP) is 6.36. The van der Waals surface area contributed by atoms with Crippen molar-refractivity contribution in [2.24, 2.45) is 0 Å². The second kappa shape index (κ2) is 9.03. The Bertz CT molecular complexity index is 1070. The van der Waals surface area contributed by atoms with Crippen LogP contribution in [-0.4, -0.2) is 5.97 Å². The molecule has 4 rings (SSSR count). The SMILES string of the molecule is O=C(Oc1ccc(-c2ccccc2)cc1)c1ccccc1CCc1ccccc1. The zero-order valence-electron chi connectivity index (χ0n) is 16.1. The summed E-state index contributed by atoms with van der Waals surface area (Å²) in [6, 6.07) is 35.7. The Morgan fingerprint density at radius 1 is 0.586 bits per heavy atom. The van der Waals surface area contributed by atoms with Crippen LogP contribution in [0.5, 0.6) is 5.75 Å². The van der Waals surface area contributed by atoms with Crippen molar-refractivity contribution in [3.05, 3.63) is 126 Å². The van der Waals surface area contributed by atoms with Crippen molar-refractivity contribution in [2.75, 3.05) is 0 Å². The number of carbonyl (C=O) groups is 1. The second-order valence-corrected chi connectivity index (χ2v) is 6.92. The molecular formula is C27H22O2. The molecule has 0 saturated carbocycles. The number of benzene rings is 4. The van der Waals surface area contributed by atoms with E-state index >= 15 is 0 Å². The number of hydrogen-bond donors (Lipinski definition) is 0. The lowest BCUT2D eigenvalue weighted by molar-refractivity contribution is 0.0733. The molecule has 0 fully saturated rings. The van der Waals surface area contributed by atoms with Crippen LogP contribution >= 0.6 is 0 Å². The first kappa shape index (κ1) is 18.7. The highest BCUT2D eigenvalue weighted by atomic mass is 16.5. The Kier molecular flexibility index (Phi) is 5.82. The maximum atomic E-state index is 12.8. The van der Waals surface area contributed by atoms with E-state index in [1.807, 2.05) is 84.9 Å². The molecule has 0 N–H and O–H groups in total. The molecule has 0 heterocycles. The Hall–Kier alpha value is -3.65. The van der Waals surface area contributed by atoms with Crippen LogP contribution in [0.15, 0.2) is 109 Å². The van der Waals surface area contributed by atoms with Crippen LogP contribution in [0.3, 0.4) is 0 Å². The van der Waals surface area contributed by atoms with Crippen LogP contribution in [0.4, 0.5) is 0 Å². The maximum Gasteiger partial charge on any atom is 0.343 e. The zero-order valence-corrected chi connectivity index (χ0v) is 16.1. The molecule has 0 aliphatic heterocycles. The van der Waals surface area contributed by atoms with Crippen LogP contribution in [0, 0.1) is 0 Å². The van der Waals surface area contributed by atoms with E-state index < -0.39 is 0 Å². The van der Waals surface area contributed by atoms with E-state index in [0.717, 1.165) is 29.5 Å². The van der Waals surface area contributed by atoms with Gasteiger partial charge in [0, 0.05) is 0 Å². The Balaban J connectivity index is 1.46. The molecule has 2 heteroatoms. The molecule has 0 amide bonds. The number of ether oxygens (including phenoxy) is 1. The number of hydrogen-bond acceptors (Lipinski definition) is 2. The van der Waals surface area contributed by atoms with Gasteiger partial charge in [0.1, 0.15) is 5.75 Å². The number of rotatable bonds is 6. The molecule has 0 atom stereocenters. The summed E-state index contributed by atoms with van der Waals surface area (Å²) in [6.07, 6.45) is 1.68. The molecule has 0 radical (unpaired) electrons. The Labute approximate surface area is 171 Å². The third-order valence-electron chi connectivity index (χ3n) is 4.94. The minimum Gasteiger partial charge on any atom is -0.423 e. The summed E-state index contributed by atoms with van der Waals surface area (Å²) < 4.78 is 5.65. The molecule has 0 aromatic heterocycles. The summed E-state index contributed by atoms with van der Waals surface area (Å²) in [4.78, 5) is 12.8. The standard InChI is InChI=1S/C27H22O2/c28-27(29-25-19-17-23(18-20-25)22-11-5-2-6-12-22)26-14-8-7-13-24(26)16-15-21-9-3-1-4-10-21/h1-14,17-20H,15-16H2. The average Bonchev–Trinajstić information content (AvgIpc) is 2.80. The van der Waals surface area contributed by atoms with E-state index in [1.54, 1.807) is 0 Å². The maximum absolute atomic E-state index is 12.8. The number of carbonyl (C=O) groups excluding carboxylic acids is 1. The van der Waals surface area contributed by atoms with Gasteiger partial charge in [0.05, 0.1) is 5.56 Å². The largest absolute Gasteiger partial charge is 0.423 e. The molecule has 0 unspecified atom stereocenters. The fraction of sp³-hybridized carbons (Fsp3) is 0.0741. The third kappa shape index (κ3) is 4.80. The van der Waals surface area contributed by atoms with Crippen molar-refractivity contribution < 1.29 is 9.53 Å². The van der Waals surface area contributed by atoms with Gasteiger partial charge in [-0.15, -0.1) is 0 Å². The normalized spacial score (nSPS) is 10.5. The summed E-state index contributed by atoms with van der Waals surface area (Å²) in [6.45, 7) is 0. The molecule has 2 nitrogen and oxygen atoms in total. The lowest BCUT2D eigenvalue weighted by Crippen LogP contribution is -2.11. The average molecular weight is 378 g/mol. The van der Waals surface area contributed by atoms with Gasteiger partial charge in [0.15, 0.2) is 0 Å². The van der Waals surface area contributed by atoms with E-state index in [-0.39, 0.29) is 5.97 Å². The molecule has 0 aliphatic carbocycles. The molecule has 0 saturated heterocycles. The monoisotopic (exact) mass is 378 g/mol. The molecular weight excluding hydrogens is 356 g/mol. The highest BCUT2D eigenvalue weighted by Crippen LogP contribution is 2.23. The first-order valence-electron chi connectivity index (χ1n) is 9.79. The highest BCUT2D eigenvalue weighted by molar-refractivity contribution is 5.92. The van der Waals surface area contributed by atoms with Crippen LogP contribution < -0.4 is 4.74 Å². The Morgan fingerprint density at radius 3 is 1.90 bits per heavy atom. The summed E-state index contributed by atoms with van der Waals surface area (Å²) in [5, 5.41) is 0. The van der Waals surface area contributed by atoms with Crippen molar-refractivity contribution >= 4 is 5.97 Å². The molecule has 0 spiro atoms. The van der Waals surface area contributed by atoms with E-state index in [2.05, 4.69) is 24.3 Å². The first-order chi connectivity index (χ1) is 14.3. The predicted molar refractivity (Wildman–Crippen MR) is 117 cm³/mol. The van der Waals surface area contributed by atoms with Crippen LogP contribution in [0.2, 0.25) is 0 Å². The van der Waals surface area contributed by atoms with Gasteiger partial charge in [0.2, 0.25) is 0 Å². The van der Waals surface area contributed by atoms with Crippen molar-refractivity contribution in [2.45, 2.75) is 12.8 Å². The topological polar surface area (TPSA) is 26.3 Å². The van der Waals surface area contributed by atoms with Gasteiger partial charge in [-0.3, -0.25) is 0 Å². The molecule has 29 heavy (non-hydrogen) atoms. The highest BCUT2D eigenvalue weighted by Gasteiger charge is 2.13. The van der Waals surface area contributed by atoms with E-state index in [1.165, 1.54) is 5.56 Å². The lowest BCUT2D eigenvalue weighted by Gasteiger charge is -2.10. The Morgan fingerprint density at radius 2 is 1.17 bits per heavy atom. The van der Waals surface area contributed by atoms with Gasteiger partial charge in [-0.05, 0) is 53.3 Å². The van der Waals surface area contributed by atoms with Crippen molar-refractivity contribution in [3.63, 3.8) is 0 Å². The van der Waals surface area contributed by atoms with Gasteiger partial charge < -0.3 is 4.74 Å². The van der Waals surface area contributed by atoms with Crippen molar-refractivity contribution in [1.29, 1.82) is 0 Å². The van der Waals surface area contributed by atoms with E-state index in [4.69, 9.17) is 4.74 Å². The van der Waals surface area contributed by atoms with Gasteiger partial charge in [0.25, 0.3) is 0 Å². The zero-order chi connectivity index (χ0) is 19.9. The van der Waals surface area contributed by atoms with Crippen LogP contribution in [-0.2, 0) is 12.8 Å². The first-order valence-corrected chi connectivity index (χ1v) is 9.79. The van der Waals surface area contributed by atoms with Crippen LogP contribution in [0.1, 0.15) is 21.5 Å². The smallest absolute Gasteiger partial charge is 0.343 e. The van der Waals surface area contributed by atoms with Crippen LogP contribution in [0.25, 0.3) is 11.1 Å². The molecule has 4 aromatic rings. The second-order valence-electron chi connectivity index (χ2n) is 6.92. The number of esters is 1. The fourth-order valence-corrected chi connectivity index (χ4v) is 3.37. The fourth-order valence-electron chi connectivity index (χ4n) is 3.37. The number of aryl methyl sites for hydroxylation is 2. The molecule has 142 valence electrons. The van der Waals surface area contributed by atoms with Gasteiger partial charge in [-0.1, -0.05) is 91.0 Å². The minimum atomic E-state index is -0.318.